The molecule has 6 nitrogen and oxygen atoms in total. The highest BCUT2D eigenvalue weighted by molar-refractivity contribution is 6.30. The van der Waals surface area contributed by atoms with Crippen molar-refractivity contribution in [1.82, 2.24) is 15.1 Å². The molecular formula is C27H35Cl2FN4O2. The summed E-state index contributed by atoms with van der Waals surface area (Å²) >= 11 is 6.22. The molecule has 196 valence electrons. The highest BCUT2D eigenvalue weighted by Gasteiger charge is 2.14. The molecule has 0 radical (unpaired) electrons. The Morgan fingerprint density at radius 1 is 1.08 bits per heavy atom. The predicted molar refractivity (Wildman–Crippen MR) is 146 cm³/mol. The fraction of sp³-hybridized carbons (Fsp3) is 0.407. The number of halogens is 3. The SMILES string of the molecule is Cc1cc(NC(=O)c2ccc(CNCC(C)C)c(F)c2)nn1Cc1cc(Cl)ccc1OCC(C)C.Cl. The van der Waals surface area contributed by atoms with Gasteiger partial charge in [0.2, 0.25) is 0 Å². The van der Waals surface area contributed by atoms with Gasteiger partial charge in [-0.2, -0.15) is 5.10 Å². The fourth-order valence-corrected chi connectivity index (χ4v) is 3.67. The minimum atomic E-state index is -0.418. The van der Waals surface area contributed by atoms with Gasteiger partial charge in [0.05, 0.1) is 13.2 Å². The van der Waals surface area contributed by atoms with Gasteiger partial charge >= 0.3 is 0 Å². The number of rotatable bonds is 11. The summed E-state index contributed by atoms with van der Waals surface area (Å²) in [5, 5.41) is 11.1. The first-order chi connectivity index (χ1) is 16.6. The Balaban J connectivity index is 0.00000456. The van der Waals surface area contributed by atoms with E-state index in [1.165, 1.54) is 6.07 Å². The lowest BCUT2D eigenvalue weighted by molar-refractivity contribution is 0.102. The molecule has 1 heterocycles. The number of anilines is 1. The Morgan fingerprint density at radius 3 is 2.50 bits per heavy atom. The molecule has 2 aromatic carbocycles. The van der Waals surface area contributed by atoms with E-state index in [9.17, 15) is 9.18 Å². The summed E-state index contributed by atoms with van der Waals surface area (Å²) in [5.41, 5.74) is 2.51. The van der Waals surface area contributed by atoms with E-state index < -0.39 is 11.7 Å². The van der Waals surface area contributed by atoms with Crippen molar-refractivity contribution in [3.8, 4) is 5.75 Å². The van der Waals surface area contributed by atoms with E-state index in [2.05, 4.69) is 43.4 Å². The van der Waals surface area contributed by atoms with E-state index in [0.717, 1.165) is 23.6 Å². The largest absolute Gasteiger partial charge is 0.493 e. The minimum absolute atomic E-state index is 0. The third-order valence-electron chi connectivity index (χ3n) is 5.32. The molecule has 2 N–H and O–H groups in total. The monoisotopic (exact) mass is 536 g/mol. The highest BCUT2D eigenvalue weighted by atomic mass is 35.5. The maximum absolute atomic E-state index is 14.5. The topological polar surface area (TPSA) is 68.2 Å². The molecule has 0 aliphatic rings. The van der Waals surface area contributed by atoms with Crippen molar-refractivity contribution in [3.63, 3.8) is 0 Å². The lowest BCUT2D eigenvalue weighted by Crippen LogP contribution is -2.20. The Kier molecular flexibility index (Phi) is 11.2. The van der Waals surface area contributed by atoms with Crippen LogP contribution in [0.15, 0.2) is 42.5 Å². The number of carbonyl (C=O) groups excluding carboxylic acids is 1. The molecule has 36 heavy (non-hydrogen) atoms. The van der Waals surface area contributed by atoms with Crippen LogP contribution in [0.1, 0.15) is 54.9 Å². The number of hydrogen-bond donors (Lipinski definition) is 2. The average Bonchev–Trinajstić information content (AvgIpc) is 3.12. The fourth-order valence-electron chi connectivity index (χ4n) is 3.48. The molecule has 0 saturated carbocycles. The summed E-state index contributed by atoms with van der Waals surface area (Å²) in [6.07, 6.45) is 0. The zero-order valence-electron chi connectivity index (χ0n) is 21.4. The van der Waals surface area contributed by atoms with Crippen molar-refractivity contribution < 1.29 is 13.9 Å². The van der Waals surface area contributed by atoms with Crippen molar-refractivity contribution in [1.29, 1.82) is 0 Å². The van der Waals surface area contributed by atoms with Crippen molar-refractivity contribution in [2.24, 2.45) is 11.8 Å². The van der Waals surface area contributed by atoms with Crippen LogP contribution in [0.4, 0.5) is 10.2 Å². The molecule has 0 aliphatic heterocycles. The molecule has 9 heteroatoms. The van der Waals surface area contributed by atoms with E-state index in [4.69, 9.17) is 16.3 Å². The number of amides is 1. The number of nitrogens with zero attached hydrogens (tertiary/aromatic N) is 2. The summed E-state index contributed by atoms with van der Waals surface area (Å²) in [7, 11) is 0. The van der Waals surface area contributed by atoms with E-state index in [1.807, 2.05) is 19.1 Å². The molecule has 0 saturated heterocycles. The lowest BCUT2D eigenvalue weighted by atomic mass is 10.1. The maximum Gasteiger partial charge on any atom is 0.256 e. The van der Waals surface area contributed by atoms with Crippen LogP contribution >= 0.6 is 24.0 Å². The number of hydrogen-bond acceptors (Lipinski definition) is 4. The molecule has 0 bridgehead atoms. The molecule has 1 amide bonds. The first-order valence-corrected chi connectivity index (χ1v) is 12.3. The van der Waals surface area contributed by atoms with Gasteiger partial charge in [0.15, 0.2) is 5.82 Å². The van der Waals surface area contributed by atoms with Crippen LogP contribution in [-0.2, 0) is 13.1 Å². The van der Waals surface area contributed by atoms with Gasteiger partial charge in [0, 0.05) is 40.0 Å². The average molecular weight is 538 g/mol. The number of carbonyl (C=O) groups is 1. The molecule has 3 rings (SSSR count). The highest BCUT2D eigenvalue weighted by Crippen LogP contribution is 2.25. The minimum Gasteiger partial charge on any atom is -0.493 e. The van der Waals surface area contributed by atoms with Gasteiger partial charge < -0.3 is 15.4 Å². The molecule has 0 atom stereocenters. The molecule has 0 aliphatic carbocycles. The van der Waals surface area contributed by atoms with Crippen LogP contribution < -0.4 is 15.4 Å². The Bertz CT molecular complexity index is 1160. The summed E-state index contributed by atoms with van der Waals surface area (Å²) < 4.78 is 22.2. The van der Waals surface area contributed by atoms with Crippen LogP contribution in [0.25, 0.3) is 0 Å². The van der Waals surface area contributed by atoms with Crippen LogP contribution in [0, 0.1) is 24.6 Å². The number of ether oxygens (including phenoxy) is 1. The molecular weight excluding hydrogens is 502 g/mol. The first-order valence-electron chi connectivity index (χ1n) is 11.9. The smallest absolute Gasteiger partial charge is 0.256 e. The van der Waals surface area contributed by atoms with Gasteiger partial charge in [0.1, 0.15) is 11.6 Å². The summed E-state index contributed by atoms with van der Waals surface area (Å²) in [6.45, 7) is 12.5. The normalized spacial score (nSPS) is 11.0. The Labute approximate surface area is 224 Å². The molecule has 0 fully saturated rings. The number of benzene rings is 2. The quantitative estimate of drug-likeness (QED) is 0.294. The second kappa shape index (κ2) is 13.6. The summed E-state index contributed by atoms with van der Waals surface area (Å²) in [4.78, 5) is 12.7. The molecule has 1 aromatic heterocycles. The van der Waals surface area contributed by atoms with Gasteiger partial charge in [-0.05, 0) is 55.6 Å². The van der Waals surface area contributed by atoms with Crippen molar-refractivity contribution in [2.45, 2.75) is 47.7 Å². The summed E-state index contributed by atoms with van der Waals surface area (Å²) in [6, 6.07) is 11.8. The Morgan fingerprint density at radius 2 is 1.83 bits per heavy atom. The van der Waals surface area contributed by atoms with E-state index in [0.29, 0.717) is 47.9 Å². The van der Waals surface area contributed by atoms with Crippen LogP contribution in [0.5, 0.6) is 5.75 Å². The lowest BCUT2D eigenvalue weighted by Gasteiger charge is -2.14. The van der Waals surface area contributed by atoms with Gasteiger partial charge in [-0.3, -0.25) is 9.48 Å². The van der Waals surface area contributed by atoms with Crippen LogP contribution in [-0.4, -0.2) is 28.8 Å². The Hall–Kier alpha value is -2.61. The third kappa shape index (κ3) is 8.50. The van der Waals surface area contributed by atoms with E-state index in [-0.39, 0.29) is 18.0 Å². The van der Waals surface area contributed by atoms with Crippen molar-refractivity contribution >= 4 is 35.7 Å². The maximum atomic E-state index is 14.5. The van der Waals surface area contributed by atoms with Gasteiger partial charge in [-0.15, -0.1) is 12.4 Å². The van der Waals surface area contributed by atoms with Gasteiger partial charge in [-0.1, -0.05) is 45.4 Å². The first kappa shape index (κ1) is 29.6. The third-order valence-corrected chi connectivity index (χ3v) is 5.56. The van der Waals surface area contributed by atoms with Crippen molar-refractivity contribution in [3.05, 3.63) is 75.7 Å². The number of nitrogens with one attached hydrogen (secondary N) is 2. The van der Waals surface area contributed by atoms with Crippen LogP contribution in [0.3, 0.4) is 0 Å². The second-order valence-corrected chi connectivity index (χ2v) is 10.0. The standard InChI is InChI=1S/C27H34ClFN4O2.ClH/c1-17(2)13-30-14-21-7-6-20(12-24(21)29)27(34)31-26-10-19(5)33(32-26)15-22-11-23(28)8-9-25(22)35-16-18(3)4;/h6-12,17-18,30H,13-16H2,1-5H3,(H,31,32,34);1H. The number of aryl methyl sites for hydroxylation is 1. The second-order valence-electron chi connectivity index (χ2n) is 9.57. The zero-order chi connectivity index (χ0) is 25.5. The van der Waals surface area contributed by atoms with Gasteiger partial charge in [-0.25, -0.2) is 4.39 Å². The zero-order valence-corrected chi connectivity index (χ0v) is 23.0. The summed E-state index contributed by atoms with van der Waals surface area (Å²) in [5.74, 6) is 1.18. The molecule has 3 aromatic rings. The predicted octanol–water partition coefficient (Wildman–Crippen LogP) is 6.49. The molecule has 0 unspecified atom stereocenters. The molecule has 0 spiro atoms. The van der Waals surface area contributed by atoms with E-state index >= 15 is 0 Å². The number of aromatic nitrogens is 2. The van der Waals surface area contributed by atoms with Crippen LogP contribution in [0.2, 0.25) is 5.02 Å². The van der Waals surface area contributed by atoms with Crippen molar-refractivity contribution in [2.75, 3.05) is 18.5 Å². The van der Waals surface area contributed by atoms with E-state index in [1.54, 1.807) is 28.9 Å². The van der Waals surface area contributed by atoms with Gasteiger partial charge in [0.25, 0.3) is 5.91 Å².